The molecule has 150 valence electrons. The van der Waals surface area contributed by atoms with Gasteiger partial charge in [0.1, 0.15) is 6.10 Å². The topological polar surface area (TPSA) is 29.5 Å². The van der Waals surface area contributed by atoms with Gasteiger partial charge in [0, 0.05) is 5.54 Å². The van der Waals surface area contributed by atoms with Gasteiger partial charge >= 0.3 is 0 Å². The van der Waals surface area contributed by atoms with E-state index < -0.39 is 7.52 Å². The van der Waals surface area contributed by atoms with Crippen LogP contribution in [0.1, 0.15) is 49.6 Å². The minimum Gasteiger partial charge on any atom is -0.307 e. The number of hydrogen-bond acceptors (Lipinski definition) is 2. The van der Waals surface area contributed by atoms with Crippen molar-refractivity contribution in [3.05, 3.63) is 108 Å². The van der Waals surface area contributed by atoms with Crippen LogP contribution in [0, 0.1) is 0 Å². The molecule has 3 unspecified atom stereocenters. The Kier molecular flexibility index (Phi) is 5.48. The Balaban J connectivity index is 1.85. The summed E-state index contributed by atoms with van der Waals surface area (Å²) in [5, 5.41) is 0. The lowest BCUT2D eigenvalue weighted by molar-refractivity contribution is 0.155. The molecule has 3 atom stereocenters. The zero-order valence-electron chi connectivity index (χ0n) is 17.2. The molecule has 4 rings (SSSR count). The lowest BCUT2D eigenvalue weighted by atomic mass is 9.93. The molecule has 0 radical (unpaired) electrons. The SMILES string of the molecule is CC(C)(C)N1C(c2ccccc2)C(c2ccccc2)OP1(=O)Cc1ccccc1. The lowest BCUT2D eigenvalue weighted by Crippen LogP contribution is -2.39. The Morgan fingerprint density at radius 3 is 1.79 bits per heavy atom. The number of nitrogens with zero attached hydrogens (tertiary/aromatic N) is 1. The van der Waals surface area contributed by atoms with E-state index in [1.54, 1.807) is 0 Å². The fourth-order valence-corrected chi connectivity index (χ4v) is 7.40. The first-order valence-corrected chi connectivity index (χ1v) is 11.9. The summed E-state index contributed by atoms with van der Waals surface area (Å²) < 4.78 is 23.1. The fraction of sp³-hybridized carbons (Fsp3) is 0.280. The predicted molar refractivity (Wildman–Crippen MR) is 119 cm³/mol. The van der Waals surface area contributed by atoms with E-state index in [0.717, 1.165) is 16.7 Å². The highest BCUT2D eigenvalue weighted by atomic mass is 31.2. The Labute approximate surface area is 173 Å². The second kappa shape index (κ2) is 7.91. The summed E-state index contributed by atoms with van der Waals surface area (Å²) in [5.74, 6) is 0. The highest BCUT2D eigenvalue weighted by molar-refractivity contribution is 7.56. The van der Waals surface area contributed by atoms with Gasteiger partial charge in [-0.05, 0) is 37.5 Å². The van der Waals surface area contributed by atoms with Crippen LogP contribution in [-0.4, -0.2) is 10.2 Å². The molecule has 0 aliphatic carbocycles. The Hall–Kier alpha value is -2.19. The summed E-state index contributed by atoms with van der Waals surface area (Å²) in [6.45, 7) is 6.37. The molecule has 29 heavy (non-hydrogen) atoms. The van der Waals surface area contributed by atoms with E-state index in [1.165, 1.54) is 0 Å². The van der Waals surface area contributed by atoms with E-state index >= 15 is 0 Å². The van der Waals surface area contributed by atoms with E-state index in [1.807, 2.05) is 66.7 Å². The molecule has 0 aromatic heterocycles. The van der Waals surface area contributed by atoms with Gasteiger partial charge < -0.3 is 4.52 Å². The largest absolute Gasteiger partial charge is 0.307 e. The van der Waals surface area contributed by atoms with Crippen molar-refractivity contribution in [1.29, 1.82) is 0 Å². The molecular formula is C25H28NO2P. The highest BCUT2D eigenvalue weighted by Gasteiger charge is 2.55. The summed E-state index contributed by atoms with van der Waals surface area (Å²) in [5.41, 5.74) is 2.89. The molecule has 3 aromatic carbocycles. The summed E-state index contributed by atoms with van der Waals surface area (Å²) in [7, 11) is -3.13. The van der Waals surface area contributed by atoms with E-state index in [-0.39, 0.29) is 17.7 Å². The van der Waals surface area contributed by atoms with Crippen LogP contribution in [0.15, 0.2) is 91.0 Å². The first-order chi connectivity index (χ1) is 13.9. The maximum atomic E-state index is 14.4. The molecular weight excluding hydrogens is 377 g/mol. The molecule has 1 heterocycles. The van der Waals surface area contributed by atoms with Crippen LogP contribution in [-0.2, 0) is 15.3 Å². The normalized spacial score (nSPS) is 25.2. The minimum absolute atomic E-state index is 0.117. The highest BCUT2D eigenvalue weighted by Crippen LogP contribution is 2.71. The second-order valence-electron chi connectivity index (χ2n) is 8.59. The van der Waals surface area contributed by atoms with E-state index in [2.05, 4.69) is 49.7 Å². The summed E-state index contributed by atoms with van der Waals surface area (Å²) in [6.07, 6.45) is 0.116. The molecule has 3 nitrogen and oxygen atoms in total. The van der Waals surface area contributed by atoms with Crippen LogP contribution in [0.3, 0.4) is 0 Å². The van der Waals surface area contributed by atoms with Crippen molar-refractivity contribution in [3.63, 3.8) is 0 Å². The third kappa shape index (κ3) is 4.09. The molecule has 0 amide bonds. The first-order valence-electron chi connectivity index (χ1n) is 10.1. The van der Waals surface area contributed by atoms with Crippen molar-refractivity contribution >= 4 is 7.52 Å². The molecule has 0 spiro atoms. The monoisotopic (exact) mass is 405 g/mol. The molecule has 1 saturated heterocycles. The third-order valence-corrected chi connectivity index (χ3v) is 8.17. The smallest absolute Gasteiger partial charge is 0.278 e. The number of rotatable bonds is 4. The summed E-state index contributed by atoms with van der Waals surface area (Å²) >= 11 is 0. The molecule has 3 aromatic rings. The van der Waals surface area contributed by atoms with Crippen molar-refractivity contribution in [3.8, 4) is 0 Å². The molecule has 1 aliphatic rings. The molecule has 4 heteroatoms. The van der Waals surface area contributed by atoms with Crippen LogP contribution in [0.5, 0.6) is 0 Å². The van der Waals surface area contributed by atoms with Crippen LogP contribution < -0.4 is 0 Å². The fourth-order valence-electron chi connectivity index (χ4n) is 4.26. The average molecular weight is 405 g/mol. The van der Waals surface area contributed by atoms with Gasteiger partial charge in [-0.3, -0.25) is 4.57 Å². The number of hydrogen-bond donors (Lipinski definition) is 0. The van der Waals surface area contributed by atoms with Crippen molar-refractivity contribution in [2.24, 2.45) is 0 Å². The van der Waals surface area contributed by atoms with Gasteiger partial charge in [0.15, 0.2) is 0 Å². The predicted octanol–water partition coefficient (Wildman–Crippen LogP) is 6.99. The third-order valence-electron chi connectivity index (χ3n) is 5.34. The molecule has 1 fully saturated rings. The van der Waals surface area contributed by atoms with Crippen molar-refractivity contribution in [1.82, 2.24) is 4.67 Å². The first kappa shape index (κ1) is 20.1. The Morgan fingerprint density at radius 1 is 0.793 bits per heavy atom. The van der Waals surface area contributed by atoms with Crippen LogP contribution in [0.2, 0.25) is 0 Å². The number of benzene rings is 3. The average Bonchev–Trinajstić information content (AvgIpc) is 3.03. The zero-order chi connectivity index (χ0) is 20.5. The van der Waals surface area contributed by atoms with Gasteiger partial charge in [-0.15, -0.1) is 0 Å². The second-order valence-corrected chi connectivity index (χ2v) is 10.8. The molecule has 1 aliphatic heterocycles. The van der Waals surface area contributed by atoms with Gasteiger partial charge in [0.25, 0.3) is 7.52 Å². The standard InChI is InChI=1S/C25H28NO2P/c1-25(2,3)26-23(21-15-9-5-10-16-21)24(22-17-11-6-12-18-22)28-29(26,27)19-20-13-7-4-8-14-20/h4-18,23-24H,19H2,1-3H3. The van der Waals surface area contributed by atoms with Crippen molar-refractivity contribution in [2.45, 2.75) is 44.6 Å². The van der Waals surface area contributed by atoms with Gasteiger partial charge in [-0.1, -0.05) is 91.0 Å². The van der Waals surface area contributed by atoms with Gasteiger partial charge in [0.2, 0.25) is 0 Å². The minimum atomic E-state index is -3.13. The van der Waals surface area contributed by atoms with Crippen LogP contribution in [0.4, 0.5) is 0 Å². The maximum absolute atomic E-state index is 14.4. The van der Waals surface area contributed by atoms with E-state index in [0.29, 0.717) is 6.16 Å². The zero-order valence-corrected chi connectivity index (χ0v) is 18.1. The Morgan fingerprint density at radius 2 is 1.28 bits per heavy atom. The van der Waals surface area contributed by atoms with Gasteiger partial charge in [0.05, 0.1) is 12.2 Å². The van der Waals surface area contributed by atoms with E-state index in [4.69, 9.17) is 4.52 Å². The maximum Gasteiger partial charge on any atom is 0.278 e. The Bertz CT molecular complexity index is 984. The quantitative estimate of drug-likeness (QED) is 0.438. The van der Waals surface area contributed by atoms with Gasteiger partial charge in [-0.2, -0.15) is 0 Å². The van der Waals surface area contributed by atoms with Gasteiger partial charge in [-0.25, -0.2) is 4.67 Å². The summed E-state index contributed by atoms with van der Waals surface area (Å²) in [4.78, 5) is 0. The lowest BCUT2D eigenvalue weighted by Gasteiger charge is -2.39. The van der Waals surface area contributed by atoms with Crippen LogP contribution >= 0.6 is 7.52 Å². The molecule has 0 saturated carbocycles. The van der Waals surface area contributed by atoms with Crippen molar-refractivity contribution in [2.75, 3.05) is 0 Å². The van der Waals surface area contributed by atoms with E-state index in [9.17, 15) is 4.57 Å². The summed E-state index contributed by atoms with van der Waals surface area (Å²) in [6, 6.07) is 30.4. The van der Waals surface area contributed by atoms with Crippen molar-refractivity contribution < 1.29 is 9.09 Å². The molecule has 0 bridgehead atoms. The van der Waals surface area contributed by atoms with Crippen LogP contribution in [0.25, 0.3) is 0 Å². The molecule has 0 N–H and O–H groups in total.